The van der Waals surface area contributed by atoms with Crippen molar-refractivity contribution in [3.05, 3.63) is 467 Å². The van der Waals surface area contributed by atoms with Crippen molar-refractivity contribution >= 4 is 119 Å². The minimum atomic E-state index is -0.636. The van der Waals surface area contributed by atoms with E-state index in [2.05, 4.69) is 438 Å². The third-order valence-electron chi connectivity index (χ3n) is 30.9. The molecular formula is C124H78N2S. The van der Waals surface area contributed by atoms with E-state index < -0.39 is 10.8 Å². The van der Waals surface area contributed by atoms with Crippen molar-refractivity contribution in [1.29, 1.82) is 0 Å². The van der Waals surface area contributed by atoms with Crippen LogP contribution in [0.1, 0.15) is 94.5 Å². The second-order valence-corrected chi connectivity index (χ2v) is 38.6. The molecule has 0 saturated carbocycles. The van der Waals surface area contributed by atoms with Gasteiger partial charge in [0.15, 0.2) is 0 Å². The maximum atomic E-state index is 2.64. The zero-order chi connectivity index (χ0) is 83.4. The van der Waals surface area contributed by atoms with Crippen molar-refractivity contribution in [3.63, 3.8) is 0 Å². The summed E-state index contributed by atoms with van der Waals surface area (Å²) in [5.74, 6) is 0. The molecule has 7 aliphatic rings. The molecule has 22 aromatic rings. The molecule has 7 aliphatic carbocycles. The Hall–Kier alpha value is -15.3. The lowest BCUT2D eigenvalue weighted by Gasteiger charge is -2.33. The summed E-state index contributed by atoms with van der Waals surface area (Å²) < 4.78 is 2.54. The Labute approximate surface area is 740 Å². The number of nitrogens with zero attached hydrogens (tertiary/aromatic N) is 2. The van der Waals surface area contributed by atoms with Crippen LogP contribution >= 0.6 is 11.3 Å². The highest BCUT2D eigenvalue weighted by molar-refractivity contribution is 7.25. The molecular weight excluding hydrogens is 1550 g/mol. The molecule has 127 heavy (non-hydrogen) atoms. The molecule has 21 aromatic carbocycles. The van der Waals surface area contributed by atoms with Crippen LogP contribution in [0, 0.1) is 0 Å². The number of thiophene rings is 1. The van der Waals surface area contributed by atoms with Gasteiger partial charge in [0, 0.05) is 65.1 Å². The average molecular weight is 1630 g/mol. The van der Waals surface area contributed by atoms with Gasteiger partial charge >= 0.3 is 0 Å². The van der Waals surface area contributed by atoms with Crippen LogP contribution in [-0.2, 0) is 21.7 Å². The number of anilines is 6. The molecule has 2 atom stereocenters. The summed E-state index contributed by atoms with van der Waals surface area (Å²) in [5.41, 5.74) is 44.3. The highest BCUT2D eigenvalue weighted by Crippen LogP contribution is 2.69. The van der Waals surface area contributed by atoms with Crippen molar-refractivity contribution in [3.8, 4) is 100 Å². The predicted molar refractivity (Wildman–Crippen MR) is 534 cm³/mol. The monoisotopic (exact) mass is 1630 g/mol. The van der Waals surface area contributed by atoms with Gasteiger partial charge in [-0.25, -0.2) is 0 Å². The minimum Gasteiger partial charge on any atom is -0.310 e. The molecule has 2 nitrogen and oxygen atoms in total. The lowest BCUT2D eigenvalue weighted by atomic mass is 9.70. The van der Waals surface area contributed by atoms with Crippen LogP contribution in [0.2, 0.25) is 0 Å². The summed E-state index contributed by atoms with van der Waals surface area (Å²) in [6.07, 6.45) is 0. The van der Waals surface area contributed by atoms with Crippen LogP contribution in [0.3, 0.4) is 0 Å². The first-order chi connectivity index (χ1) is 62.5. The zero-order valence-corrected chi connectivity index (χ0v) is 71.2. The summed E-state index contributed by atoms with van der Waals surface area (Å²) in [5, 5.41) is 15.3. The molecule has 0 aliphatic heterocycles. The van der Waals surface area contributed by atoms with E-state index in [0.29, 0.717) is 0 Å². The molecule has 0 fully saturated rings. The van der Waals surface area contributed by atoms with Gasteiger partial charge in [-0.2, -0.15) is 0 Å². The first kappa shape index (κ1) is 70.2. The topological polar surface area (TPSA) is 6.48 Å². The van der Waals surface area contributed by atoms with Crippen molar-refractivity contribution in [2.24, 2.45) is 0 Å². The Morgan fingerprint density at radius 3 is 1.12 bits per heavy atom. The molecule has 2 unspecified atom stereocenters. The molecule has 0 amide bonds. The average Bonchev–Trinajstić information content (AvgIpc) is 1.50. The lowest BCUT2D eigenvalue weighted by Crippen LogP contribution is -2.26. The van der Waals surface area contributed by atoms with Gasteiger partial charge in [-0.1, -0.05) is 313 Å². The second-order valence-electron chi connectivity index (χ2n) is 37.5. The molecule has 0 radical (unpaired) electrons. The fourth-order valence-corrected chi connectivity index (χ4v) is 26.5. The van der Waals surface area contributed by atoms with Crippen LogP contribution in [-0.4, -0.2) is 0 Å². The first-order valence-electron chi connectivity index (χ1n) is 44.8. The van der Waals surface area contributed by atoms with E-state index in [1.807, 2.05) is 11.3 Å². The number of hydrogen-bond acceptors (Lipinski definition) is 3. The molecule has 3 heteroatoms. The summed E-state index contributed by atoms with van der Waals surface area (Å²) in [4.78, 5) is 5.11. The predicted octanol–water partition coefficient (Wildman–Crippen LogP) is 33.4. The Kier molecular flexibility index (Phi) is 13.7. The van der Waals surface area contributed by atoms with Crippen LogP contribution in [0.15, 0.2) is 400 Å². The fourth-order valence-electron chi connectivity index (χ4n) is 25.5. The highest BCUT2D eigenvalue weighted by Gasteiger charge is 2.55. The number of hydrogen-bond donors (Lipinski definition) is 0. The lowest BCUT2D eigenvalue weighted by molar-refractivity contribution is 0.660. The molecule has 0 bridgehead atoms. The molecule has 1 aromatic heterocycles. The normalized spacial score (nSPS) is 16.2. The Morgan fingerprint density at radius 2 is 0.543 bits per heavy atom. The summed E-state index contributed by atoms with van der Waals surface area (Å²) in [7, 11) is 0. The van der Waals surface area contributed by atoms with E-state index >= 15 is 0 Å². The number of benzene rings is 21. The fraction of sp³-hybridized carbons (Fsp3) is 0.0645. The van der Waals surface area contributed by atoms with E-state index in [9.17, 15) is 0 Å². The van der Waals surface area contributed by atoms with Gasteiger partial charge in [0.1, 0.15) is 0 Å². The van der Waals surface area contributed by atoms with Crippen molar-refractivity contribution in [2.45, 2.75) is 49.4 Å². The van der Waals surface area contributed by atoms with Gasteiger partial charge in [0.2, 0.25) is 0 Å². The van der Waals surface area contributed by atoms with E-state index in [1.165, 1.54) is 241 Å². The van der Waals surface area contributed by atoms with Crippen LogP contribution < -0.4 is 9.80 Å². The van der Waals surface area contributed by atoms with Crippen LogP contribution in [0.4, 0.5) is 34.1 Å². The first-order valence-corrected chi connectivity index (χ1v) is 45.6. The van der Waals surface area contributed by atoms with Crippen molar-refractivity contribution < 1.29 is 0 Å². The number of fused-ring (bicyclic) bond motifs is 40. The van der Waals surface area contributed by atoms with Gasteiger partial charge in [0.05, 0.1) is 10.8 Å². The molecule has 29 rings (SSSR count). The van der Waals surface area contributed by atoms with Gasteiger partial charge < -0.3 is 9.80 Å². The molecule has 1 heterocycles. The standard InChI is InChI=1S/C124H78N2S/c1-121(2)105-38-17-11-30-86(105)91-54-48-77(64-111(91)121)125(75-47-44-71-24-5-6-25-72(71)60-75)79-50-57-94-89-33-14-20-41-108(89)124(114(94)67-79)110-43-22-16-35-96(110)120-97-37-23-36-95-98-61-73(45-53-85(98)104(119(95)97)70-116(120)124)74-46-58-117-102(62-74)103-63-76(52-59-118(103)127-117)126(78-49-55-92-87-31-12-18-39-106(87)122(3,4)112(92)65-78)80-51-56-93-88-32-13-19-40-107(88)123(113(93)66-80)109-42-21-15-34-90(109)101-68-99-83-28-9-7-26-81(83)82-27-8-10-29-84(82)100(99)69-115(101)123/h5-70H,1-4H3. The SMILES string of the molecule is CC1(C)c2ccccc2-c2ccc(N(c3ccc4c(c3)C3(c5ccccc5-4)c4ccccc4-c4c3cc3c5c(cccc45)-c4cc(-c5ccc6sc7ccc(N(c8ccc9c(c8)C(C)(C)c8ccccc8-9)c8ccc9c(c8)C8(c%10ccccc%10-9)c9ccccc9-c9cc%10c%11ccccc%11c%11ccccc%11c%10cc98)cc7c6c5)ccc4-3)c3ccc4ccccc4c3)cc21. The van der Waals surface area contributed by atoms with E-state index in [-0.39, 0.29) is 10.8 Å². The third kappa shape index (κ3) is 8.99. The second kappa shape index (κ2) is 24.8. The number of rotatable bonds is 7. The van der Waals surface area contributed by atoms with Gasteiger partial charge in [-0.05, 0) is 336 Å². The summed E-state index contributed by atoms with van der Waals surface area (Å²) >= 11 is 1.89. The molecule has 0 saturated heterocycles. The van der Waals surface area contributed by atoms with E-state index in [4.69, 9.17) is 0 Å². The van der Waals surface area contributed by atoms with Crippen LogP contribution in [0.5, 0.6) is 0 Å². The minimum absolute atomic E-state index is 0.181. The van der Waals surface area contributed by atoms with Gasteiger partial charge in [0.25, 0.3) is 0 Å². The quantitative estimate of drug-likeness (QED) is 0.147. The van der Waals surface area contributed by atoms with Crippen molar-refractivity contribution in [1.82, 2.24) is 0 Å². The maximum Gasteiger partial charge on any atom is 0.0726 e. The maximum absolute atomic E-state index is 2.64. The summed E-state index contributed by atoms with van der Waals surface area (Å²) in [6.45, 7) is 9.61. The van der Waals surface area contributed by atoms with Crippen molar-refractivity contribution in [2.75, 3.05) is 9.80 Å². The molecule has 2 spiro atoms. The van der Waals surface area contributed by atoms with Gasteiger partial charge in [-0.15, -0.1) is 11.3 Å². The molecule has 0 N–H and O–H groups in total. The van der Waals surface area contributed by atoms with Gasteiger partial charge in [-0.3, -0.25) is 0 Å². The highest BCUT2D eigenvalue weighted by atomic mass is 32.1. The smallest absolute Gasteiger partial charge is 0.0726 e. The molecule has 590 valence electrons. The van der Waals surface area contributed by atoms with E-state index in [0.717, 1.165) is 34.1 Å². The zero-order valence-electron chi connectivity index (χ0n) is 70.4. The summed E-state index contributed by atoms with van der Waals surface area (Å²) in [6, 6.07) is 155. The van der Waals surface area contributed by atoms with E-state index in [1.54, 1.807) is 0 Å². The Morgan fingerprint density at radius 1 is 0.181 bits per heavy atom. The largest absolute Gasteiger partial charge is 0.310 e. The Bertz CT molecular complexity index is 8830. The third-order valence-corrected chi connectivity index (χ3v) is 32.1. The Balaban J connectivity index is 0.582. The van der Waals surface area contributed by atoms with Crippen LogP contribution in [0.25, 0.3) is 174 Å².